The molecule has 21 heavy (non-hydrogen) atoms. The normalized spacial score (nSPS) is 11.3. The van der Waals surface area contributed by atoms with E-state index in [0.29, 0.717) is 0 Å². The standard InChI is InChI=1S/C11H12FN3O6/c1-5-8(13(16)17)6(11(2,3)4)10(15(20)21)7(12)9(5)14(18)19/h1-4H3. The number of nitro groups is 3. The average molecular weight is 301 g/mol. The van der Waals surface area contributed by atoms with Crippen LogP contribution in [0.15, 0.2) is 0 Å². The molecule has 0 saturated heterocycles. The number of hydrogen-bond donors (Lipinski definition) is 0. The van der Waals surface area contributed by atoms with E-state index in [2.05, 4.69) is 0 Å². The van der Waals surface area contributed by atoms with Crippen LogP contribution in [0.1, 0.15) is 31.9 Å². The van der Waals surface area contributed by atoms with Gasteiger partial charge in [-0.1, -0.05) is 20.8 Å². The molecule has 0 aliphatic rings. The zero-order valence-electron chi connectivity index (χ0n) is 11.7. The first kappa shape index (κ1) is 16.4. The summed E-state index contributed by atoms with van der Waals surface area (Å²) in [6.45, 7) is 5.27. The second kappa shape index (κ2) is 5.04. The largest absolute Gasteiger partial charge is 0.322 e. The van der Waals surface area contributed by atoms with Gasteiger partial charge in [0.05, 0.1) is 14.8 Å². The minimum absolute atomic E-state index is 0.474. The van der Waals surface area contributed by atoms with Gasteiger partial charge in [0.25, 0.3) is 11.5 Å². The maximum atomic E-state index is 14.2. The first-order valence-corrected chi connectivity index (χ1v) is 5.71. The van der Waals surface area contributed by atoms with Gasteiger partial charge in [0.15, 0.2) is 0 Å². The van der Waals surface area contributed by atoms with Gasteiger partial charge in [-0.25, -0.2) is 0 Å². The Morgan fingerprint density at radius 2 is 1.24 bits per heavy atom. The predicted octanol–water partition coefficient (Wildman–Crippen LogP) is 3.16. The van der Waals surface area contributed by atoms with Crippen LogP contribution in [0.3, 0.4) is 0 Å². The van der Waals surface area contributed by atoms with Gasteiger partial charge in [0, 0.05) is 5.41 Å². The number of nitrogens with zero attached hydrogens (tertiary/aromatic N) is 3. The van der Waals surface area contributed by atoms with E-state index in [4.69, 9.17) is 0 Å². The highest BCUT2D eigenvalue weighted by Crippen LogP contribution is 2.46. The van der Waals surface area contributed by atoms with Crippen molar-refractivity contribution in [3.05, 3.63) is 47.3 Å². The molecule has 0 N–H and O–H groups in total. The highest BCUT2D eigenvalue weighted by Gasteiger charge is 2.44. The third-order valence-corrected chi connectivity index (χ3v) is 2.90. The van der Waals surface area contributed by atoms with Gasteiger partial charge in [0.2, 0.25) is 0 Å². The molecule has 0 bridgehead atoms. The molecule has 1 aromatic carbocycles. The summed E-state index contributed by atoms with van der Waals surface area (Å²) in [7, 11) is 0. The molecule has 114 valence electrons. The Hall–Kier alpha value is -2.65. The highest BCUT2D eigenvalue weighted by atomic mass is 19.1. The summed E-state index contributed by atoms with van der Waals surface area (Å²) in [5, 5.41) is 33.1. The molecule has 1 aromatic rings. The summed E-state index contributed by atoms with van der Waals surface area (Å²) in [6.07, 6.45) is 0. The minimum Gasteiger partial charge on any atom is -0.258 e. The number of halogens is 1. The molecule has 0 unspecified atom stereocenters. The number of benzene rings is 1. The highest BCUT2D eigenvalue weighted by molar-refractivity contribution is 5.69. The Morgan fingerprint density at radius 1 is 0.857 bits per heavy atom. The molecular weight excluding hydrogens is 289 g/mol. The van der Waals surface area contributed by atoms with Crippen LogP contribution in [-0.2, 0) is 5.41 Å². The Kier molecular flexibility index (Phi) is 3.93. The Morgan fingerprint density at radius 3 is 1.52 bits per heavy atom. The molecular formula is C11H12FN3O6. The first-order chi connectivity index (χ1) is 9.41. The van der Waals surface area contributed by atoms with E-state index in [1.165, 1.54) is 20.8 Å². The molecule has 0 radical (unpaired) electrons. The summed E-state index contributed by atoms with van der Waals surface area (Å²) in [5.41, 5.74) is -5.45. The maximum Gasteiger partial charge on any atom is 0.322 e. The Bertz CT molecular complexity index is 624. The molecule has 9 nitrogen and oxygen atoms in total. The van der Waals surface area contributed by atoms with Crippen molar-refractivity contribution in [2.75, 3.05) is 0 Å². The molecule has 0 heterocycles. The van der Waals surface area contributed by atoms with Gasteiger partial charge in [0.1, 0.15) is 11.1 Å². The van der Waals surface area contributed by atoms with Crippen molar-refractivity contribution < 1.29 is 19.2 Å². The van der Waals surface area contributed by atoms with Gasteiger partial charge >= 0.3 is 11.4 Å². The average Bonchev–Trinajstić information content (AvgIpc) is 2.24. The predicted molar refractivity (Wildman–Crippen MR) is 69.8 cm³/mol. The molecule has 0 aliphatic carbocycles. The number of rotatable bonds is 3. The summed E-state index contributed by atoms with van der Waals surface area (Å²) in [5.74, 6) is -1.67. The fourth-order valence-electron chi connectivity index (χ4n) is 2.13. The van der Waals surface area contributed by atoms with Gasteiger partial charge < -0.3 is 0 Å². The van der Waals surface area contributed by atoms with Crippen LogP contribution in [-0.4, -0.2) is 14.8 Å². The van der Waals surface area contributed by atoms with Crippen LogP contribution in [0, 0.1) is 43.1 Å². The van der Waals surface area contributed by atoms with E-state index < -0.39 is 54.2 Å². The van der Waals surface area contributed by atoms with Crippen molar-refractivity contribution >= 4 is 17.1 Å². The molecule has 0 aromatic heterocycles. The van der Waals surface area contributed by atoms with E-state index in [1.807, 2.05) is 0 Å². The van der Waals surface area contributed by atoms with Gasteiger partial charge in [-0.3, -0.25) is 30.3 Å². The van der Waals surface area contributed by atoms with Crippen molar-refractivity contribution in [2.45, 2.75) is 33.1 Å². The Labute approximate surface area is 117 Å². The molecule has 0 aliphatic heterocycles. The molecule has 1 rings (SSSR count). The van der Waals surface area contributed by atoms with E-state index in [0.717, 1.165) is 6.92 Å². The monoisotopic (exact) mass is 301 g/mol. The molecule has 0 amide bonds. The zero-order valence-corrected chi connectivity index (χ0v) is 11.7. The minimum atomic E-state index is -1.67. The molecule has 0 fully saturated rings. The lowest BCUT2D eigenvalue weighted by Gasteiger charge is -2.19. The van der Waals surface area contributed by atoms with Crippen molar-refractivity contribution in [3.63, 3.8) is 0 Å². The molecule has 10 heteroatoms. The fraction of sp³-hybridized carbons (Fsp3) is 0.455. The summed E-state index contributed by atoms with van der Waals surface area (Å²) in [4.78, 5) is 29.8. The SMILES string of the molecule is Cc1c([N+](=O)[O-])c(F)c([N+](=O)[O-])c(C(C)(C)C)c1[N+](=O)[O-]. The van der Waals surface area contributed by atoms with Crippen molar-refractivity contribution in [2.24, 2.45) is 0 Å². The van der Waals surface area contributed by atoms with Crippen LogP contribution in [0.25, 0.3) is 0 Å². The van der Waals surface area contributed by atoms with Crippen molar-refractivity contribution in [1.82, 2.24) is 0 Å². The van der Waals surface area contributed by atoms with Crippen LogP contribution in [0.2, 0.25) is 0 Å². The lowest BCUT2D eigenvalue weighted by Crippen LogP contribution is -2.19. The zero-order chi connectivity index (χ0) is 16.7. The summed E-state index contributed by atoms with van der Waals surface area (Å²) < 4.78 is 14.2. The van der Waals surface area contributed by atoms with Crippen LogP contribution in [0.4, 0.5) is 21.5 Å². The van der Waals surface area contributed by atoms with E-state index in [9.17, 15) is 34.7 Å². The molecule has 0 atom stereocenters. The van der Waals surface area contributed by atoms with Gasteiger partial charge in [-0.15, -0.1) is 0 Å². The van der Waals surface area contributed by atoms with E-state index in [-0.39, 0.29) is 0 Å². The van der Waals surface area contributed by atoms with Gasteiger partial charge in [-0.05, 0) is 6.92 Å². The maximum absolute atomic E-state index is 14.2. The second-order valence-electron chi connectivity index (χ2n) is 5.38. The van der Waals surface area contributed by atoms with E-state index in [1.54, 1.807) is 0 Å². The van der Waals surface area contributed by atoms with Crippen LogP contribution < -0.4 is 0 Å². The Balaban J connectivity index is 4.17. The van der Waals surface area contributed by atoms with E-state index >= 15 is 0 Å². The third kappa shape index (κ3) is 2.64. The number of nitro benzene ring substituents is 3. The summed E-state index contributed by atoms with van der Waals surface area (Å²) >= 11 is 0. The second-order valence-corrected chi connectivity index (χ2v) is 5.38. The topological polar surface area (TPSA) is 129 Å². The molecule has 0 saturated carbocycles. The quantitative estimate of drug-likeness (QED) is 0.622. The van der Waals surface area contributed by atoms with Gasteiger partial charge in [-0.2, -0.15) is 4.39 Å². The number of hydrogen-bond acceptors (Lipinski definition) is 6. The van der Waals surface area contributed by atoms with Crippen LogP contribution in [0.5, 0.6) is 0 Å². The lowest BCUT2D eigenvalue weighted by molar-refractivity contribution is -0.409. The lowest BCUT2D eigenvalue weighted by atomic mass is 9.82. The smallest absolute Gasteiger partial charge is 0.258 e. The summed E-state index contributed by atoms with van der Waals surface area (Å²) in [6, 6.07) is 0. The molecule has 0 spiro atoms. The first-order valence-electron chi connectivity index (χ1n) is 5.71. The van der Waals surface area contributed by atoms with Crippen LogP contribution >= 0.6 is 0 Å². The van der Waals surface area contributed by atoms with Crippen molar-refractivity contribution in [3.8, 4) is 0 Å². The fourth-order valence-corrected chi connectivity index (χ4v) is 2.13. The third-order valence-electron chi connectivity index (χ3n) is 2.90. The van der Waals surface area contributed by atoms with Crippen molar-refractivity contribution in [1.29, 1.82) is 0 Å².